The van der Waals surface area contributed by atoms with Crippen LogP contribution >= 0.6 is 0 Å². The van der Waals surface area contributed by atoms with Gasteiger partial charge in [-0.25, -0.2) is 0 Å². The zero-order valence-corrected chi connectivity index (χ0v) is 7.44. The number of hydrogen-bond acceptors (Lipinski definition) is 4. The highest BCUT2D eigenvalue weighted by molar-refractivity contribution is 4.43. The molecule has 0 aliphatic heterocycles. The molecule has 72 valence electrons. The summed E-state index contributed by atoms with van der Waals surface area (Å²) >= 11 is 0. The predicted molar refractivity (Wildman–Crippen MR) is 45.6 cm³/mol. The first-order chi connectivity index (χ1) is 5.68. The average Bonchev–Trinajstić information content (AvgIpc) is 2.02. The van der Waals surface area contributed by atoms with Crippen LogP contribution < -0.4 is 0 Å². The fourth-order valence-electron chi connectivity index (χ4n) is 1.10. The minimum Gasteiger partial charge on any atom is -0.391 e. The van der Waals surface area contributed by atoms with Gasteiger partial charge in [0.15, 0.2) is 0 Å². The Morgan fingerprint density at radius 3 is 2.00 bits per heavy atom. The topological polar surface area (TPSA) is 69.9 Å². The maximum atomic E-state index is 9.88. The van der Waals surface area contributed by atoms with Crippen molar-refractivity contribution in [3.63, 3.8) is 0 Å². The van der Waals surface area contributed by atoms with E-state index in [0.717, 1.165) is 0 Å². The van der Waals surface area contributed by atoms with Crippen molar-refractivity contribution in [1.29, 1.82) is 0 Å². The van der Waals surface area contributed by atoms with Gasteiger partial charge in [0, 0.05) is 0 Å². The van der Waals surface area contributed by atoms with Crippen molar-refractivity contribution in [3.8, 4) is 0 Å². The first-order valence-electron chi connectivity index (χ1n) is 4.03. The van der Waals surface area contributed by atoms with Crippen LogP contribution in [0.1, 0.15) is 0 Å². The van der Waals surface area contributed by atoms with Crippen molar-refractivity contribution in [2.24, 2.45) is 5.18 Å². The highest BCUT2D eigenvalue weighted by Crippen LogP contribution is 2.00. The van der Waals surface area contributed by atoms with Crippen LogP contribution in [0, 0.1) is 4.91 Å². The first kappa shape index (κ1) is 11.5. The second-order valence-electron chi connectivity index (χ2n) is 3.09. The molecule has 0 unspecified atom stereocenters. The van der Waals surface area contributed by atoms with Crippen LogP contribution in [0.2, 0.25) is 0 Å². The van der Waals surface area contributed by atoms with E-state index in [1.54, 1.807) is 0 Å². The number of nitroso groups, excluding NO2 is 1. The van der Waals surface area contributed by atoms with Crippen LogP contribution in [-0.4, -0.2) is 61.1 Å². The van der Waals surface area contributed by atoms with Gasteiger partial charge in [-0.05, 0) is 0 Å². The van der Waals surface area contributed by atoms with Crippen molar-refractivity contribution in [3.05, 3.63) is 4.91 Å². The lowest BCUT2D eigenvalue weighted by molar-refractivity contribution is -0.908. The van der Waals surface area contributed by atoms with Gasteiger partial charge < -0.3 is 14.7 Å². The smallest absolute Gasteiger partial charge is 0.130 e. The normalized spacial score (nSPS) is 11.6. The van der Waals surface area contributed by atoms with Crippen LogP contribution in [-0.2, 0) is 0 Å². The highest BCUT2D eigenvalue weighted by atomic mass is 16.3. The molecule has 0 aliphatic carbocycles. The van der Waals surface area contributed by atoms with Crippen LogP contribution in [0.25, 0.3) is 0 Å². The summed E-state index contributed by atoms with van der Waals surface area (Å²) in [6.45, 7) is 2.04. The Balaban J connectivity index is 3.88. The molecule has 0 atom stereocenters. The summed E-state index contributed by atoms with van der Waals surface area (Å²) < 4.78 is 0.499. The number of quaternary nitrogens is 1. The Morgan fingerprint density at radius 2 is 1.67 bits per heavy atom. The maximum absolute atomic E-state index is 9.88. The van der Waals surface area contributed by atoms with E-state index in [4.69, 9.17) is 10.2 Å². The molecule has 0 heterocycles. The molecule has 0 amide bonds. The molecule has 0 aromatic rings. The van der Waals surface area contributed by atoms with Crippen molar-refractivity contribution in [2.75, 3.05) is 46.4 Å². The molecule has 12 heavy (non-hydrogen) atoms. The molecule has 0 aromatic carbocycles. The number of aliphatic hydroxyl groups excluding tert-OH is 2. The van der Waals surface area contributed by atoms with Gasteiger partial charge in [-0.15, -0.1) is 0 Å². The van der Waals surface area contributed by atoms with Gasteiger partial charge >= 0.3 is 0 Å². The fourth-order valence-corrected chi connectivity index (χ4v) is 1.10. The van der Waals surface area contributed by atoms with Gasteiger partial charge in [0.2, 0.25) is 0 Å². The quantitative estimate of drug-likeness (QED) is 0.394. The number of hydrogen-bond donors (Lipinski definition) is 2. The average molecular weight is 177 g/mol. The molecule has 0 spiro atoms. The summed E-state index contributed by atoms with van der Waals surface area (Å²) in [5.41, 5.74) is 0. The second-order valence-corrected chi connectivity index (χ2v) is 3.09. The van der Waals surface area contributed by atoms with E-state index in [1.807, 2.05) is 7.05 Å². The van der Waals surface area contributed by atoms with Crippen LogP contribution in [0.4, 0.5) is 0 Å². The molecule has 0 rings (SSSR count). The number of rotatable bonds is 7. The molecule has 0 saturated carbocycles. The van der Waals surface area contributed by atoms with E-state index < -0.39 is 0 Å². The lowest BCUT2D eigenvalue weighted by atomic mass is 10.3. The van der Waals surface area contributed by atoms with Gasteiger partial charge in [-0.2, -0.15) is 4.91 Å². The molecule has 2 N–H and O–H groups in total. The summed E-state index contributed by atoms with van der Waals surface area (Å²) in [7, 11) is 1.89. The second kappa shape index (κ2) is 6.05. The number of nitrogens with zero attached hydrogens (tertiary/aromatic N) is 2. The largest absolute Gasteiger partial charge is 0.391 e. The third-order valence-corrected chi connectivity index (χ3v) is 2.01. The molecule has 5 heteroatoms. The van der Waals surface area contributed by atoms with Crippen molar-refractivity contribution >= 4 is 0 Å². The Kier molecular flexibility index (Phi) is 5.79. The standard InChI is InChI=1S/C7H17N2O3/c1-9(4-6-10,5-7-11)3-2-8-12/h10-11H,2-7H2,1H3/q+1. The van der Waals surface area contributed by atoms with E-state index in [9.17, 15) is 4.91 Å². The van der Waals surface area contributed by atoms with E-state index in [2.05, 4.69) is 5.18 Å². The summed E-state index contributed by atoms with van der Waals surface area (Å²) in [6, 6.07) is 0. The molecule has 0 radical (unpaired) electrons. The fraction of sp³-hybridized carbons (Fsp3) is 1.00. The zero-order valence-electron chi connectivity index (χ0n) is 7.44. The lowest BCUT2D eigenvalue weighted by Gasteiger charge is -2.32. The summed E-state index contributed by atoms with van der Waals surface area (Å²) in [4.78, 5) is 9.88. The van der Waals surface area contributed by atoms with Crippen LogP contribution in [0.15, 0.2) is 5.18 Å². The number of likely N-dealkylation sites (N-methyl/N-ethyl adjacent to an activating group) is 1. The van der Waals surface area contributed by atoms with Gasteiger partial charge in [0.25, 0.3) is 0 Å². The monoisotopic (exact) mass is 177 g/mol. The lowest BCUT2D eigenvalue weighted by Crippen LogP contribution is -2.49. The van der Waals surface area contributed by atoms with Crippen LogP contribution in [0.5, 0.6) is 0 Å². The summed E-state index contributed by atoms with van der Waals surface area (Å²) in [6.07, 6.45) is 0. The van der Waals surface area contributed by atoms with Crippen molar-refractivity contribution in [1.82, 2.24) is 0 Å². The van der Waals surface area contributed by atoms with Gasteiger partial charge in [0.1, 0.15) is 26.2 Å². The predicted octanol–water partition coefficient (Wildman–Crippen LogP) is -0.816. The van der Waals surface area contributed by atoms with Gasteiger partial charge in [-0.1, -0.05) is 5.18 Å². The molecule has 0 fully saturated rings. The first-order valence-corrected chi connectivity index (χ1v) is 4.03. The summed E-state index contributed by atoms with van der Waals surface area (Å²) in [5.74, 6) is 0. The number of aliphatic hydroxyl groups is 2. The van der Waals surface area contributed by atoms with Crippen molar-refractivity contribution < 1.29 is 14.7 Å². The van der Waals surface area contributed by atoms with Gasteiger partial charge in [0.05, 0.1) is 20.3 Å². The molecule has 0 bridgehead atoms. The van der Waals surface area contributed by atoms with Crippen LogP contribution in [0.3, 0.4) is 0 Å². The molecule has 0 aliphatic rings. The Bertz CT molecular complexity index is 124. The SMILES string of the molecule is C[N+](CCO)(CCO)CCN=O. The Morgan fingerprint density at radius 1 is 1.17 bits per heavy atom. The molecular weight excluding hydrogens is 160 g/mol. The molecule has 0 saturated heterocycles. The van der Waals surface area contributed by atoms with Crippen molar-refractivity contribution in [2.45, 2.75) is 0 Å². The maximum Gasteiger partial charge on any atom is 0.130 e. The van der Waals surface area contributed by atoms with E-state index in [0.29, 0.717) is 24.1 Å². The molecule has 5 nitrogen and oxygen atoms in total. The highest BCUT2D eigenvalue weighted by Gasteiger charge is 2.19. The Hall–Kier alpha value is -0.520. The Labute approximate surface area is 72.2 Å². The minimum absolute atomic E-state index is 0.0648. The van der Waals surface area contributed by atoms with E-state index in [1.165, 1.54) is 0 Å². The van der Waals surface area contributed by atoms with E-state index in [-0.39, 0.29) is 19.8 Å². The third-order valence-electron chi connectivity index (χ3n) is 2.01. The van der Waals surface area contributed by atoms with E-state index >= 15 is 0 Å². The molecular formula is C7H17N2O3+. The summed E-state index contributed by atoms with van der Waals surface area (Å²) in [5, 5.41) is 20.2. The minimum atomic E-state index is 0.0648. The third kappa shape index (κ3) is 4.38. The van der Waals surface area contributed by atoms with Gasteiger partial charge in [-0.3, -0.25) is 0 Å². The zero-order chi connectivity index (χ0) is 9.45. The molecule has 0 aromatic heterocycles.